The molecule has 0 N–H and O–H groups in total. The molecule has 7 heteroatoms. The van der Waals surface area contributed by atoms with E-state index in [4.69, 9.17) is 32.9 Å². The highest BCUT2D eigenvalue weighted by atomic mass is 79.9. The molecule has 0 saturated carbocycles. The van der Waals surface area contributed by atoms with Crippen molar-refractivity contribution in [2.75, 3.05) is 6.61 Å². The molecule has 0 aliphatic carbocycles. The van der Waals surface area contributed by atoms with Gasteiger partial charge < -0.3 is 4.74 Å². The van der Waals surface area contributed by atoms with E-state index in [1.807, 2.05) is 42.5 Å². The van der Waals surface area contributed by atoms with Gasteiger partial charge in [-0.15, -0.1) is 0 Å². The molecule has 158 valence electrons. The Morgan fingerprint density at radius 1 is 0.935 bits per heavy atom. The molecule has 4 aromatic rings. The zero-order chi connectivity index (χ0) is 21.8. The number of rotatable bonds is 7. The maximum absolute atomic E-state index is 13.2. The molecule has 0 bridgehead atoms. The fourth-order valence-electron chi connectivity index (χ4n) is 3.34. The topological polar surface area (TPSA) is 44.1 Å². The van der Waals surface area contributed by atoms with Gasteiger partial charge in [-0.2, -0.15) is 0 Å². The van der Waals surface area contributed by atoms with E-state index in [9.17, 15) is 4.79 Å². The molecule has 0 fully saturated rings. The Hall–Kier alpha value is -2.34. The van der Waals surface area contributed by atoms with Gasteiger partial charge in [0.15, 0.2) is 0 Å². The van der Waals surface area contributed by atoms with Gasteiger partial charge in [0.05, 0.1) is 22.0 Å². The Bertz CT molecular complexity index is 1270. The van der Waals surface area contributed by atoms with Crippen molar-refractivity contribution in [1.29, 1.82) is 0 Å². The zero-order valence-corrected chi connectivity index (χ0v) is 19.6. The van der Waals surface area contributed by atoms with Crippen molar-refractivity contribution in [2.45, 2.75) is 19.4 Å². The van der Waals surface area contributed by atoms with Gasteiger partial charge in [0, 0.05) is 22.2 Å². The van der Waals surface area contributed by atoms with Crippen molar-refractivity contribution in [3.63, 3.8) is 0 Å². The summed E-state index contributed by atoms with van der Waals surface area (Å²) in [7, 11) is 0. The highest BCUT2D eigenvalue weighted by Gasteiger charge is 2.12. The van der Waals surface area contributed by atoms with Crippen molar-refractivity contribution in [3.05, 3.63) is 91.6 Å². The number of nitrogens with zero attached hydrogens (tertiary/aromatic N) is 2. The maximum atomic E-state index is 13.2. The van der Waals surface area contributed by atoms with Gasteiger partial charge in [0.25, 0.3) is 5.56 Å². The third kappa shape index (κ3) is 5.12. The first kappa shape index (κ1) is 21.9. The second-order valence-corrected chi connectivity index (χ2v) is 8.77. The second-order valence-electron chi connectivity index (χ2n) is 7.05. The minimum absolute atomic E-state index is 0.0445. The fraction of sp³-hybridized carbons (Fsp3) is 0.167. The van der Waals surface area contributed by atoms with Gasteiger partial charge in [-0.05, 0) is 83.4 Å². The van der Waals surface area contributed by atoms with Crippen LogP contribution in [0, 0.1) is 0 Å². The smallest absolute Gasteiger partial charge is 0.261 e. The number of benzene rings is 3. The van der Waals surface area contributed by atoms with E-state index < -0.39 is 0 Å². The lowest BCUT2D eigenvalue weighted by Crippen LogP contribution is -2.24. The Morgan fingerprint density at radius 3 is 2.45 bits per heavy atom. The number of halogens is 3. The van der Waals surface area contributed by atoms with Crippen LogP contribution in [0.2, 0.25) is 10.0 Å². The summed E-state index contributed by atoms with van der Waals surface area (Å²) in [5, 5.41) is 1.91. The van der Waals surface area contributed by atoms with E-state index in [2.05, 4.69) is 15.9 Å². The van der Waals surface area contributed by atoms with Gasteiger partial charge in [0.1, 0.15) is 11.6 Å². The second kappa shape index (κ2) is 9.86. The molecule has 0 atom stereocenters. The minimum Gasteiger partial charge on any atom is -0.492 e. The average molecular weight is 518 g/mol. The Labute approximate surface area is 198 Å². The average Bonchev–Trinajstić information content (AvgIpc) is 2.76. The van der Waals surface area contributed by atoms with Crippen LogP contribution in [0.1, 0.15) is 12.8 Å². The molecule has 0 amide bonds. The van der Waals surface area contributed by atoms with Crippen LogP contribution < -0.4 is 10.3 Å². The van der Waals surface area contributed by atoms with Crippen LogP contribution in [0.4, 0.5) is 0 Å². The molecule has 0 radical (unpaired) electrons. The molecule has 0 aliphatic rings. The van der Waals surface area contributed by atoms with Crippen LogP contribution in [0.5, 0.6) is 5.75 Å². The van der Waals surface area contributed by atoms with E-state index in [-0.39, 0.29) is 5.56 Å². The maximum Gasteiger partial charge on any atom is 0.261 e. The molecule has 3 aromatic carbocycles. The molecule has 4 rings (SSSR count). The summed E-state index contributed by atoms with van der Waals surface area (Å²) < 4.78 is 8.39. The molecule has 4 nitrogen and oxygen atoms in total. The first-order chi connectivity index (χ1) is 15.0. The molecule has 1 heterocycles. The lowest BCUT2D eigenvalue weighted by atomic mass is 10.1. The summed E-state index contributed by atoms with van der Waals surface area (Å²) in [4.78, 5) is 18.0. The minimum atomic E-state index is -0.0445. The number of ether oxygens (including phenoxy) is 1. The van der Waals surface area contributed by atoms with Gasteiger partial charge >= 0.3 is 0 Å². The first-order valence-corrected chi connectivity index (χ1v) is 11.4. The summed E-state index contributed by atoms with van der Waals surface area (Å²) >= 11 is 15.5. The van der Waals surface area contributed by atoms with Crippen LogP contribution in [0.3, 0.4) is 0 Å². The third-order valence-electron chi connectivity index (χ3n) is 4.89. The number of para-hydroxylation sites is 1. The largest absolute Gasteiger partial charge is 0.492 e. The van der Waals surface area contributed by atoms with E-state index in [0.29, 0.717) is 39.9 Å². The molecular weight excluding hydrogens is 499 g/mol. The summed E-state index contributed by atoms with van der Waals surface area (Å²) in [5.41, 5.74) is 1.50. The van der Waals surface area contributed by atoms with Crippen molar-refractivity contribution in [2.24, 2.45) is 0 Å². The first-order valence-electron chi connectivity index (χ1n) is 9.86. The summed E-state index contributed by atoms with van der Waals surface area (Å²) in [6, 6.07) is 20.2. The van der Waals surface area contributed by atoms with Crippen molar-refractivity contribution >= 4 is 50.0 Å². The monoisotopic (exact) mass is 516 g/mol. The number of hydrogen-bond acceptors (Lipinski definition) is 3. The van der Waals surface area contributed by atoms with Gasteiger partial charge in [-0.25, -0.2) is 4.98 Å². The predicted octanol–water partition coefficient (Wildman–Crippen LogP) is 6.99. The lowest BCUT2D eigenvalue weighted by molar-refractivity contribution is 0.301. The van der Waals surface area contributed by atoms with Crippen LogP contribution in [0.15, 0.2) is 76.0 Å². The molecule has 0 spiro atoms. The standard InChI is InChI=1S/C24H19BrCl2N2O2/c25-20-15-18(27)11-12-22(20)31-14-4-3-13-29-23(16-7-9-17(26)10-8-16)28-21-6-2-1-5-19(21)24(29)30/h1-2,5-12,15H,3-4,13-14H2. The summed E-state index contributed by atoms with van der Waals surface area (Å²) in [6.07, 6.45) is 1.56. The molecule has 31 heavy (non-hydrogen) atoms. The van der Waals surface area contributed by atoms with Crippen LogP contribution in [0.25, 0.3) is 22.3 Å². The fourth-order valence-corrected chi connectivity index (χ4v) is 4.26. The number of hydrogen-bond donors (Lipinski definition) is 0. The van der Waals surface area contributed by atoms with Crippen LogP contribution in [-0.2, 0) is 6.54 Å². The number of fused-ring (bicyclic) bond motifs is 1. The molecule has 0 unspecified atom stereocenters. The summed E-state index contributed by atoms with van der Waals surface area (Å²) in [5.74, 6) is 1.39. The zero-order valence-electron chi connectivity index (χ0n) is 16.5. The van der Waals surface area contributed by atoms with Gasteiger partial charge in [-0.3, -0.25) is 9.36 Å². The van der Waals surface area contributed by atoms with Gasteiger partial charge in [-0.1, -0.05) is 35.3 Å². The van der Waals surface area contributed by atoms with Crippen molar-refractivity contribution in [3.8, 4) is 17.1 Å². The molecular formula is C24H19BrCl2N2O2. The molecule has 0 aliphatic heterocycles. The third-order valence-corrected chi connectivity index (χ3v) is 6.00. The number of aromatic nitrogens is 2. The number of unbranched alkanes of at least 4 members (excludes halogenated alkanes) is 1. The highest BCUT2D eigenvalue weighted by molar-refractivity contribution is 9.10. The van der Waals surface area contributed by atoms with Crippen molar-refractivity contribution in [1.82, 2.24) is 9.55 Å². The summed E-state index contributed by atoms with van der Waals surface area (Å²) in [6.45, 7) is 1.08. The predicted molar refractivity (Wildman–Crippen MR) is 130 cm³/mol. The van der Waals surface area contributed by atoms with Gasteiger partial charge in [0.2, 0.25) is 0 Å². The molecule has 1 aromatic heterocycles. The lowest BCUT2D eigenvalue weighted by Gasteiger charge is -2.14. The van der Waals surface area contributed by atoms with E-state index in [0.717, 1.165) is 28.6 Å². The van der Waals surface area contributed by atoms with E-state index in [1.165, 1.54) is 0 Å². The van der Waals surface area contributed by atoms with E-state index in [1.54, 1.807) is 28.8 Å². The van der Waals surface area contributed by atoms with Crippen LogP contribution in [-0.4, -0.2) is 16.2 Å². The van der Waals surface area contributed by atoms with Crippen molar-refractivity contribution < 1.29 is 4.74 Å². The van der Waals surface area contributed by atoms with Crippen LogP contribution >= 0.6 is 39.1 Å². The molecule has 0 saturated heterocycles. The Kier molecular flexibility index (Phi) is 6.96. The quantitative estimate of drug-likeness (QED) is 0.248. The Balaban J connectivity index is 1.53. The normalized spacial score (nSPS) is 11.1. The SMILES string of the molecule is O=c1c2ccccc2nc(-c2ccc(Cl)cc2)n1CCCCOc1ccc(Cl)cc1Br. The Morgan fingerprint density at radius 2 is 1.68 bits per heavy atom. The van der Waals surface area contributed by atoms with E-state index >= 15 is 0 Å². The highest BCUT2D eigenvalue weighted by Crippen LogP contribution is 2.28.